The number of carbonyl (C=O) groups excluding carboxylic acids is 2. The molecular formula is C17H18N4O2S. The Morgan fingerprint density at radius 2 is 2.04 bits per heavy atom. The highest BCUT2D eigenvalue weighted by atomic mass is 32.2. The number of thioether (sulfide) groups is 1. The summed E-state index contributed by atoms with van der Waals surface area (Å²) in [6.07, 6.45) is 3.42. The molecule has 1 unspecified atom stereocenters. The van der Waals surface area contributed by atoms with Gasteiger partial charge in [-0.2, -0.15) is 0 Å². The van der Waals surface area contributed by atoms with E-state index in [0.29, 0.717) is 12.3 Å². The molecule has 1 aliphatic rings. The molecule has 24 heavy (non-hydrogen) atoms. The van der Waals surface area contributed by atoms with Crippen LogP contribution in [-0.4, -0.2) is 32.4 Å². The van der Waals surface area contributed by atoms with Crippen LogP contribution in [0.4, 0.5) is 5.69 Å². The maximum absolute atomic E-state index is 12.2. The van der Waals surface area contributed by atoms with E-state index in [2.05, 4.69) is 15.3 Å². The lowest BCUT2D eigenvalue weighted by molar-refractivity contribution is -0.128. The van der Waals surface area contributed by atoms with E-state index in [0.717, 1.165) is 22.6 Å². The molecule has 7 heteroatoms. The number of anilines is 1. The van der Waals surface area contributed by atoms with Crippen molar-refractivity contribution in [3.8, 4) is 0 Å². The molecule has 1 aromatic heterocycles. The van der Waals surface area contributed by atoms with Crippen LogP contribution in [0.5, 0.6) is 0 Å². The van der Waals surface area contributed by atoms with Crippen LogP contribution in [-0.2, 0) is 16.1 Å². The van der Waals surface area contributed by atoms with Gasteiger partial charge in [0.2, 0.25) is 11.8 Å². The van der Waals surface area contributed by atoms with Crippen molar-refractivity contribution < 1.29 is 9.59 Å². The Hall–Kier alpha value is -2.41. The maximum atomic E-state index is 12.2. The van der Waals surface area contributed by atoms with Gasteiger partial charge in [0.05, 0.1) is 29.9 Å². The SMILES string of the molecule is CC(=O)Nc1ccc(C2SCC(=O)N2Cc2cnc(C)cn2)cc1. The molecule has 1 aliphatic heterocycles. The predicted octanol–water partition coefficient (Wildman–Crippen LogP) is 2.52. The summed E-state index contributed by atoms with van der Waals surface area (Å²) in [4.78, 5) is 33.7. The summed E-state index contributed by atoms with van der Waals surface area (Å²) in [5.74, 6) is 0.447. The van der Waals surface area contributed by atoms with Gasteiger partial charge in [-0.1, -0.05) is 12.1 Å². The first kappa shape index (κ1) is 16.4. The van der Waals surface area contributed by atoms with Crippen molar-refractivity contribution >= 4 is 29.3 Å². The average Bonchev–Trinajstić information content (AvgIpc) is 2.91. The third-order valence-corrected chi connectivity index (χ3v) is 4.91. The molecule has 0 spiro atoms. The largest absolute Gasteiger partial charge is 0.326 e. The molecule has 0 aliphatic carbocycles. The lowest BCUT2D eigenvalue weighted by Gasteiger charge is -2.24. The van der Waals surface area contributed by atoms with Gasteiger partial charge in [-0.25, -0.2) is 0 Å². The van der Waals surface area contributed by atoms with Crippen molar-refractivity contribution in [1.29, 1.82) is 0 Å². The third-order valence-electron chi connectivity index (χ3n) is 3.65. The molecule has 2 amide bonds. The van der Waals surface area contributed by atoms with Gasteiger partial charge in [-0.05, 0) is 24.6 Å². The number of aryl methyl sites for hydroxylation is 1. The quantitative estimate of drug-likeness (QED) is 0.924. The molecule has 2 heterocycles. The average molecular weight is 342 g/mol. The summed E-state index contributed by atoms with van der Waals surface area (Å²) in [6.45, 7) is 3.80. The molecule has 3 rings (SSSR count). The zero-order valence-electron chi connectivity index (χ0n) is 13.5. The second-order valence-corrected chi connectivity index (χ2v) is 6.71. The van der Waals surface area contributed by atoms with E-state index < -0.39 is 0 Å². The molecule has 0 radical (unpaired) electrons. The van der Waals surface area contributed by atoms with Crippen molar-refractivity contribution in [1.82, 2.24) is 14.9 Å². The van der Waals surface area contributed by atoms with Gasteiger partial charge in [-0.15, -0.1) is 11.8 Å². The summed E-state index contributed by atoms with van der Waals surface area (Å²) in [6, 6.07) is 7.58. The van der Waals surface area contributed by atoms with Crippen LogP contribution in [0.2, 0.25) is 0 Å². The topological polar surface area (TPSA) is 75.2 Å². The predicted molar refractivity (Wildman–Crippen MR) is 93.3 cm³/mol. The van der Waals surface area contributed by atoms with Crippen LogP contribution in [0.1, 0.15) is 29.2 Å². The van der Waals surface area contributed by atoms with Gasteiger partial charge >= 0.3 is 0 Å². The number of rotatable bonds is 4. The number of nitrogens with one attached hydrogen (secondary N) is 1. The molecular weight excluding hydrogens is 324 g/mol. The summed E-state index contributed by atoms with van der Waals surface area (Å²) in [5.41, 5.74) is 3.40. The van der Waals surface area contributed by atoms with E-state index in [1.807, 2.05) is 36.1 Å². The summed E-state index contributed by atoms with van der Waals surface area (Å²) in [5, 5.41) is 2.69. The van der Waals surface area contributed by atoms with Crippen molar-refractivity contribution in [2.75, 3.05) is 11.1 Å². The van der Waals surface area contributed by atoms with E-state index in [-0.39, 0.29) is 17.2 Å². The van der Waals surface area contributed by atoms with Crippen molar-refractivity contribution in [3.63, 3.8) is 0 Å². The maximum Gasteiger partial charge on any atom is 0.234 e. The Balaban J connectivity index is 1.77. The second-order valence-electron chi connectivity index (χ2n) is 5.64. The van der Waals surface area contributed by atoms with Gasteiger partial charge in [-0.3, -0.25) is 19.6 Å². The molecule has 1 N–H and O–H groups in total. The first-order chi connectivity index (χ1) is 11.5. The first-order valence-electron chi connectivity index (χ1n) is 7.59. The number of nitrogens with zero attached hydrogens (tertiary/aromatic N) is 3. The zero-order chi connectivity index (χ0) is 17.1. The highest BCUT2D eigenvalue weighted by Gasteiger charge is 2.33. The van der Waals surface area contributed by atoms with E-state index in [1.54, 1.807) is 24.2 Å². The number of aromatic nitrogens is 2. The molecule has 2 aromatic rings. The van der Waals surface area contributed by atoms with Crippen LogP contribution in [0.15, 0.2) is 36.7 Å². The lowest BCUT2D eigenvalue weighted by Crippen LogP contribution is -2.28. The van der Waals surface area contributed by atoms with Gasteiger partial charge in [0.25, 0.3) is 0 Å². The van der Waals surface area contributed by atoms with Crippen LogP contribution in [0, 0.1) is 6.92 Å². The van der Waals surface area contributed by atoms with E-state index in [1.165, 1.54) is 6.92 Å². The molecule has 1 aromatic carbocycles. The van der Waals surface area contributed by atoms with Gasteiger partial charge in [0, 0.05) is 18.8 Å². The normalized spacial score (nSPS) is 17.2. The van der Waals surface area contributed by atoms with Gasteiger partial charge in [0.1, 0.15) is 5.37 Å². The molecule has 1 atom stereocenters. The Bertz CT molecular complexity index is 746. The van der Waals surface area contributed by atoms with E-state index in [4.69, 9.17) is 0 Å². The molecule has 1 saturated heterocycles. The fraction of sp³-hybridized carbons (Fsp3) is 0.294. The number of carbonyl (C=O) groups is 2. The van der Waals surface area contributed by atoms with E-state index in [9.17, 15) is 9.59 Å². The summed E-state index contributed by atoms with van der Waals surface area (Å²) >= 11 is 1.59. The van der Waals surface area contributed by atoms with Crippen LogP contribution < -0.4 is 5.32 Å². The highest BCUT2D eigenvalue weighted by molar-refractivity contribution is 8.00. The first-order valence-corrected chi connectivity index (χ1v) is 8.64. The van der Waals surface area contributed by atoms with Crippen LogP contribution in [0.3, 0.4) is 0 Å². The number of amides is 2. The second kappa shape index (κ2) is 7.00. The summed E-state index contributed by atoms with van der Waals surface area (Å²) < 4.78 is 0. The fourth-order valence-corrected chi connectivity index (χ4v) is 3.70. The molecule has 1 fully saturated rings. The summed E-state index contributed by atoms with van der Waals surface area (Å²) in [7, 11) is 0. The Morgan fingerprint density at radius 3 is 2.67 bits per heavy atom. The minimum atomic E-state index is -0.104. The Morgan fingerprint density at radius 1 is 1.29 bits per heavy atom. The minimum Gasteiger partial charge on any atom is -0.326 e. The standard InChI is InChI=1S/C17H18N4O2S/c1-11-7-19-15(8-18-11)9-21-16(23)10-24-17(21)13-3-5-14(6-4-13)20-12(2)22/h3-8,17H,9-10H2,1-2H3,(H,20,22). The van der Waals surface area contributed by atoms with Crippen molar-refractivity contribution in [2.24, 2.45) is 0 Å². The fourth-order valence-electron chi connectivity index (χ4n) is 2.51. The van der Waals surface area contributed by atoms with Gasteiger partial charge in [0.15, 0.2) is 0 Å². The van der Waals surface area contributed by atoms with Crippen LogP contribution in [0.25, 0.3) is 0 Å². The molecule has 0 bridgehead atoms. The zero-order valence-corrected chi connectivity index (χ0v) is 14.3. The monoisotopic (exact) mass is 342 g/mol. The molecule has 0 saturated carbocycles. The number of hydrogen-bond donors (Lipinski definition) is 1. The van der Waals surface area contributed by atoms with E-state index >= 15 is 0 Å². The lowest BCUT2D eigenvalue weighted by atomic mass is 10.2. The number of hydrogen-bond acceptors (Lipinski definition) is 5. The molecule has 6 nitrogen and oxygen atoms in total. The Labute approximate surface area is 144 Å². The minimum absolute atomic E-state index is 0.0491. The van der Waals surface area contributed by atoms with Gasteiger partial charge < -0.3 is 10.2 Å². The smallest absolute Gasteiger partial charge is 0.234 e. The van der Waals surface area contributed by atoms with Crippen LogP contribution >= 0.6 is 11.8 Å². The van der Waals surface area contributed by atoms with Crippen molar-refractivity contribution in [3.05, 3.63) is 53.6 Å². The number of benzene rings is 1. The highest BCUT2D eigenvalue weighted by Crippen LogP contribution is 2.39. The molecule has 124 valence electrons. The third kappa shape index (κ3) is 3.73. The van der Waals surface area contributed by atoms with Crippen molar-refractivity contribution in [2.45, 2.75) is 25.8 Å². The Kier molecular flexibility index (Phi) is 4.80.